The number of phenols is 1. The number of aromatic nitrogens is 3. The van der Waals surface area contributed by atoms with Gasteiger partial charge in [0.25, 0.3) is 0 Å². The molecule has 0 atom stereocenters. The van der Waals surface area contributed by atoms with Gasteiger partial charge in [0.2, 0.25) is 5.95 Å². The zero-order chi connectivity index (χ0) is 20.3. The molecule has 2 aromatic carbocycles. The number of hydrogen-bond donors (Lipinski definition) is 3. The third kappa shape index (κ3) is 4.05. The number of thiazole rings is 1. The summed E-state index contributed by atoms with van der Waals surface area (Å²) in [4.78, 5) is 13.6. The van der Waals surface area contributed by atoms with Crippen LogP contribution in [0.1, 0.15) is 12.8 Å². The first-order chi connectivity index (χ1) is 14.7. The molecule has 1 fully saturated rings. The second-order valence-corrected chi connectivity index (χ2v) is 8.08. The molecule has 8 heteroatoms. The van der Waals surface area contributed by atoms with Gasteiger partial charge in [-0.3, -0.25) is 0 Å². The normalized spacial score (nSPS) is 14.7. The summed E-state index contributed by atoms with van der Waals surface area (Å²) in [6, 6.07) is 10.9. The number of nitrogens with one attached hydrogen (secondary N) is 2. The molecule has 1 aliphatic rings. The maximum Gasteiger partial charge on any atom is 0.227 e. The van der Waals surface area contributed by atoms with Gasteiger partial charge in [0.1, 0.15) is 22.6 Å². The Bertz CT molecular complexity index is 1160. The fourth-order valence-corrected chi connectivity index (χ4v) is 4.21. The summed E-state index contributed by atoms with van der Waals surface area (Å²) in [6.45, 7) is 1.93. The fourth-order valence-electron chi connectivity index (χ4n) is 3.55. The molecule has 0 bridgehead atoms. The van der Waals surface area contributed by atoms with Crippen LogP contribution in [0, 0.1) is 0 Å². The molecule has 4 aromatic rings. The average molecular weight is 420 g/mol. The number of ether oxygens (including phenoxy) is 1. The predicted octanol–water partition coefficient (Wildman–Crippen LogP) is 4.33. The number of nitrogens with zero attached hydrogens (tertiary/aromatic N) is 3. The highest BCUT2D eigenvalue weighted by molar-refractivity contribution is 7.13. The standard InChI is InChI=1S/C22H21N5O2S/c28-16-3-1-2-15(11-16)26-22-25-13-14-10-18(21-24-8-9-30-21)20(12-19(14)27-22)29-17-4-6-23-7-5-17/h1-3,8-13,17,23,28H,4-7H2,(H,25,26,27). The van der Waals surface area contributed by atoms with Gasteiger partial charge >= 0.3 is 0 Å². The van der Waals surface area contributed by atoms with E-state index >= 15 is 0 Å². The Morgan fingerprint density at radius 2 is 2.03 bits per heavy atom. The summed E-state index contributed by atoms with van der Waals surface area (Å²) in [5.41, 5.74) is 2.48. The smallest absolute Gasteiger partial charge is 0.227 e. The minimum absolute atomic E-state index is 0.175. The van der Waals surface area contributed by atoms with Crippen LogP contribution in [0.3, 0.4) is 0 Å². The van der Waals surface area contributed by atoms with Crippen LogP contribution < -0.4 is 15.4 Å². The average Bonchev–Trinajstić information content (AvgIpc) is 3.29. The molecule has 3 heterocycles. The molecule has 152 valence electrons. The van der Waals surface area contributed by atoms with E-state index in [2.05, 4.69) is 25.6 Å². The van der Waals surface area contributed by atoms with E-state index in [9.17, 15) is 5.11 Å². The van der Waals surface area contributed by atoms with E-state index in [0.29, 0.717) is 5.95 Å². The van der Waals surface area contributed by atoms with E-state index in [4.69, 9.17) is 4.74 Å². The van der Waals surface area contributed by atoms with Crippen molar-refractivity contribution < 1.29 is 9.84 Å². The van der Waals surface area contributed by atoms with Gasteiger partial charge in [-0.15, -0.1) is 11.3 Å². The third-order valence-corrected chi connectivity index (χ3v) is 5.83. The van der Waals surface area contributed by atoms with Crippen molar-refractivity contribution in [2.45, 2.75) is 18.9 Å². The van der Waals surface area contributed by atoms with Crippen molar-refractivity contribution in [3.05, 3.63) is 54.2 Å². The Labute approximate surface area is 177 Å². The molecule has 3 N–H and O–H groups in total. The van der Waals surface area contributed by atoms with E-state index in [1.165, 1.54) is 0 Å². The molecule has 30 heavy (non-hydrogen) atoms. The molecular weight excluding hydrogens is 398 g/mol. The maximum atomic E-state index is 9.67. The minimum Gasteiger partial charge on any atom is -0.508 e. The Kier molecular flexibility index (Phi) is 5.17. The summed E-state index contributed by atoms with van der Waals surface area (Å²) in [7, 11) is 0. The topological polar surface area (TPSA) is 92.2 Å². The lowest BCUT2D eigenvalue weighted by Crippen LogP contribution is -2.34. The molecule has 1 aliphatic heterocycles. The number of aromatic hydroxyl groups is 1. The van der Waals surface area contributed by atoms with Gasteiger partial charge in [-0.05, 0) is 44.1 Å². The number of piperidine rings is 1. The minimum atomic E-state index is 0.175. The third-order valence-electron chi connectivity index (χ3n) is 5.03. The van der Waals surface area contributed by atoms with Crippen LogP contribution in [0.5, 0.6) is 11.5 Å². The molecule has 0 saturated carbocycles. The fraction of sp³-hybridized carbons (Fsp3) is 0.227. The summed E-state index contributed by atoms with van der Waals surface area (Å²) >= 11 is 1.59. The van der Waals surface area contributed by atoms with Crippen LogP contribution in [0.4, 0.5) is 11.6 Å². The van der Waals surface area contributed by atoms with Crippen molar-refractivity contribution in [3.8, 4) is 22.1 Å². The van der Waals surface area contributed by atoms with E-state index in [1.807, 2.05) is 23.6 Å². The molecule has 2 aromatic heterocycles. The van der Waals surface area contributed by atoms with Gasteiger partial charge in [0, 0.05) is 41.0 Å². The van der Waals surface area contributed by atoms with Crippen LogP contribution in [0.25, 0.3) is 21.5 Å². The largest absolute Gasteiger partial charge is 0.508 e. The predicted molar refractivity (Wildman–Crippen MR) is 119 cm³/mol. The zero-order valence-corrected chi connectivity index (χ0v) is 17.0. The number of phenolic OH excluding ortho intramolecular Hbond substituents is 1. The quantitative estimate of drug-likeness (QED) is 0.443. The summed E-state index contributed by atoms with van der Waals surface area (Å²) < 4.78 is 6.41. The highest BCUT2D eigenvalue weighted by Crippen LogP contribution is 2.36. The van der Waals surface area contributed by atoms with Gasteiger partial charge < -0.3 is 20.5 Å². The van der Waals surface area contributed by atoms with Crippen molar-refractivity contribution in [1.29, 1.82) is 0 Å². The highest BCUT2D eigenvalue weighted by Gasteiger charge is 2.19. The molecule has 0 aliphatic carbocycles. The summed E-state index contributed by atoms with van der Waals surface area (Å²) in [5, 5.41) is 20.0. The summed E-state index contributed by atoms with van der Waals surface area (Å²) in [6.07, 6.45) is 5.72. The van der Waals surface area contributed by atoms with E-state index in [0.717, 1.165) is 58.8 Å². The molecule has 1 saturated heterocycles. The summed E-state index contributed by atoms with van der Waals surface area (Å²) in [5.74, 6) is 1.45. The van der Waals surface area contributed by atoms with Crippen molar-refractivity contribution in [2.75, 3.05) is 18.4 Å². The number of benzene rings is 2. The number of anilines is 2. The second-order valence-electron chi connectivity index (χ2n) is 7.18. The number of rotatable bonds is 5. The van der Waals surface area contributed by atoms with Gasteiger partial charge in [-0.25, -0.2) is 15.0 Å². The molecule has 0 radical (unpaired) electrons. The molecular formula is C22H21N5O2S. The Morgan fingerprint density at radius 1 is 1.13 bits per heavy atom. The Hall–Kier alpha value is -3.23. The van der Waals surface area contributed by atoms with Gasteiger partial charge in [-0.1, -0.05) is 6.07 Å². The molecule has 7 nitrogen and oxygen atoms in total. The van der Waals surface area contributed by atoms with E-state index in [-0.39, 0.29) is 11.9 Å². The van der Waals surface area contributed by atoms with Crippen LogP contribution >= 0.6 is 11.3 Å². The molecule has 0 unspecified atom stereocenters. The van der Waals surface area contributed by atoms with E-state index < -0.39 is 0 Å². The van der Waals surface area contributed by atoms with Crippen LogP contribution in [-0.4, -0.2) is 39.3 Å². The highest BCUT2D eigenvalue weighted by atomic mass is 32.1. The first kappa shape index (κ1) is 18.8. The van der Waals surface area contributed by atoms with Crippen molar-refractivity contribution >= 4 is 33.9 Å². The van der Waals surface area contributed by atoms with Gasteiger partial charge in [-0.2, -0.15) is 0 Å². The number of hydrogen-bond acceptors (Lipinski definition) is 8. The maximum absolute atomic E-state index is 9.67. The van der Waals surface area contributed by atoms with Crippen LogP contribution in [-0.2, 0) is 0 Å². The SMILES string of the molecule is Oc1cccc(Nc2ncc3cc(-c4nccs4)c(OC4CCNCC4)cc3n2)c1. The molecule has 0 amide bonds. The van der Waals surface area contributed by atoms with Crippen molar-refractivity contribution in [2.24, 2.45) is 0 Å². The van der Waals surface area contributed by atoms with E-state index in [1.54, 1.807) is 41.9 Å². The van der Waals surface area contributed by atoms with Crippen LogP contribution in [0.2, 0.25) is 0 Å². The first-order valence-corrected chi connectivity index (χ1v) is 10.8. The van der Waals surface area contributed by atoms with Gasteiger partial charge in [0.15, 0.2) is 0 Å². The van der Waals surface area contributed by atoms with Crippen molar-refractivity contribution in [1.82, 2.24) is 20.3 Å². The Balaban J connectivity index is 1.52. The first-order valence-electron chi connectivity index (χ1n) is 9.89. The van der Waals surface area contributed by atoms with Crippen molar-refractivity contribution in [3.63, 3.8) is 0 Å². The Morgan fingerprint density at radius 3 is 2.83 bits per heavy atom. The van der Waals surface area contributed by atoms with Crippen LogP contribution in [0.15, 0.2) is 54.2 Å². The van der Waals surface area contributed by atoms with Gasteiger partial charge in [0.05, 0.1) is 11.1 Å². The lowest BCUT2D eigenvalue weighted by atomic mass is 10.1. The zero-order valence-electron chi connectivity index (χ0n) is 16.2. The number of fused-ring (bicyclic) bond motifs is 1. The monoisotopic (exact) mass is 419 g/mol. The second kappa shape index (κ2) is 8.25. The molecule has 0 spiro atoms. The lowest BCUT2D eigenvalue weighted by molar-refractivity contribution is 0.163. The molecule has 5 rings (SSSR count). The lowest BCUT2D eigenvalue weighted by Gasteiger charge is -2.25.